The van der Waals surface area contributed by atoms with Gasteiger partial charge < -0.3 is 10.1 Å². The number of hydrogen-bond acceptors (Lipinski definition) is 4. The number of carbonyl (C=O) groups is 1. The van der Waals surface area contributed by atoms with Gasteiger partial charge in [-0.3, -0.25) is 4.79 Å². The molecule has 0 aliphatic carbocycles. The molecule has 0 bridgehead atoms. The number of nitrogens with one attached hydrogen (secondary N) is 1. The van der Waals surface area contributed by atoms with Crippen molar-refractivity contribution in [2.75, 3.05) is 18.1 Å². The lowest BCUT2D eigenvalue weighted by molar-refractivity contribution is 0.0941. The van der Waals surface area contributed by atoms with Gasteiger partial charge in [-0.25, -0.2) is 8.42 Å². The molecule has 6 heteroatoms. The Morgan fingerprint density at radius 1 is 1.35 bits per heavy atom. The molecule has 1 aromatic rings. The molecule has 1 aromatic carbocycles. The quantitative estimate of drug-likeness (QED) is 0.891. The largest absolute Gasteiger partial charge is 0.494 e. The van der Waals surface area contributed by atoms with E-state index in [0.29, 0.717) is 18.6 Å². The lowest BCUT2D eigenvalue weighted by Gasteiger charge is -2.11. The molecule has 0 aromatic heterocycles. The van der Waals surface area contributed by atoms with Crippen LogP contribution in [0.1, 0.15) is 30.1 Å². The van der Waals surface area contributed by atoms with Crippen LogP contribution in [0.25, 0.3) is 0 Å². The minimum atomic E-state index is -2.97. The fourth-order valence-electron chi connectivity index (χ4n) is 2.10. The summed E-state index contributed by atoms with van der Waals surface area (Å²) in [5.41, 5.74) is 0.512. The molecule has 1 aliphatic rings. The first-order chi connectivity index (χ1) is 9.50. The highest BCUT2D eigenvalue weighted by Crippen LogP contribution is 2.15. The molecule has 0 spiro atoms. The van der Waals surface area contributed by atoms with Crippen molar-refractivity contribution in [2.45, 2.75) is 25.8 Å². The first-order valence-electron chi connectivity index (χ1n) is 6.74. The van der Waals surface area contributed by atoms with Crippen LogP contribution < -0.4 is 10.1 Å². The maximum atomic E-state index is 12.0. The Kier molecular flexibility index (Phi) is 4.65. The third kappa shape index (κ3) is 3.96. The normalized spacial score (nSPS) is 20.6. The van der Waals surface area contributed by atoms with Crippen molar-refractivity contribution < 1.29 is 17.9 Å². The summed E-state index contributed by atoms with van der Waals surface area (Å²) in [5.74, 6) is 0.680. The Morgan fingerprint density at radius 3 is 2.60 bits per heavy atom. The predicted molar refractivity (Wildman–Crippen MR) is 76.8 cm³/mol. The van der Waals surface area contributed by atoms with Crippen LogP contribution in [0, 0.1) is 0 Å². The average molecular weight is 297 g/mol. The number of benzene rings is 1. The van der Waals surface area contributed by atoms with Crippen molar-refractivity contribution in [3.05, 3.63) is 29.8 Å². The molecule has 2 rings (SSSR count). The molecule has 0 saturated carbocycles. The number of amides is 1. The fraction of sp³-hybridized carbons (Fsp3) is 0.500. The monoisotopic (exact) mass is 297 g/mol. The molecule has 1 fully saturated rings. The van der Waals surface area contributed by atoms with E-state index in [-0.39, 0.29) is 23.5 Å². The number of carbonyl (C=O) groups excluding carboxylic acids is 1. The molecule has 1 amide bonds. The molecule has 1 aliphatic heterocycles. The summed E-state index contributed by atoms with van der Waals surface area (Å²) in [6, 6.07) is 6.59. The zero-order chi connectivity index (χ0) is 14.6. The first-order valence-corrected chi connectivity index (χ1v) is 8.56. The standard InChI is InChI=1S/C14H19NO4S/c1-2-8-19-13-5-3-11(4-6-13)14(16)15-12-7-9-20(17,18)10-12/h3-6,12H,2,7-10H2,1H3,(H,15,16)/t12-/m0/s1. The number of hydrogen-bond donors (Lipinski definition) is 1. The maximum Gasteiger partial charge on any atom is 0.251 e. The summed E-state index contributed by atoms with van der Waals surface area (Å²) < 4.78 is 28.1. The molecule has 110 valence electrons. The van der Waals surface area contributed by atoms with Crippen LogP contribution in [0.5, 0.6) is 5.75 Å². The minimum Gasteiger partial charge on any atom is -0.494 e. The summed E-state index contributed by atoms with van der Waals surface area (Å²) in [5, 5.41) is 2.75. The zero-order valence-corrected chi connectivity index (χ0v) is 12.3. The molecule has 0 radical (unpaired) electrons. The van der Waals surface area contributed by atoms with Gasteiger partial charge in [0.05, 0.1) is 18.1 Å². The highest BCUT2D eigenvalue weighted by atomic mass is 32.2. The van der Waals surface area contributed by atoms with Crippen molar-refractivity contribution in [1.29, 1.82) is 0 Å². The molecule has 1 N–H and O–H groups in total. The second-order valence-corrected chi connectivity index (χ2v) is 7.17. The molecule has 5 nitrogen and oxygen atoms in total. The van der Waals surface area contributed by atoms with E-state index in [4.69, 9.17) is 4.74 Å². The van der Waals surface area contributed by atoms with E-state index in [1.807, 2.05) is 6.92 Å². The van der Waals surface area contributed by atoms with Crippen LogP contribution in [0.2, 0.25) is 0 Å². The van der Waals surface area contributed by atoms with Gasteiger partial charge in [0.2, 0.25) is 0 Å². The lowest BCUT2D eigenvalue weighted by Crippen LogP contribution is -2.35. The Balaban J connectivity index is 1.92. The fourth-order valence-corrected chi connectivity index (χ4v) is 3.77. The summed E-state index contributed by atoms with van der Waals surface area (Å²) in [4.78, 5) is 12.0. The third-order valence-electron chi connectivity index (χ3n) is 3.16. The second kappa shape index (κ2) is 6.26. The highest BCUT2D eigenvalue weighted by Gasteiger charge is 2.29. The van der Waals surface area contributed by atoms with E-state index < -0.39 is 9.84 Å². The Hall–Kier alpha value is -1.56. The van der Waals surface area contributed by atoms with Gasteiger partial charge >= 0.3 is 0 Å². The van der Waals surface area contributed by atoms with Gasteiger partial charge in [-0.15, -0.1) is 0 Å². The Morgan fingerprint density at radius 2 is 2.05 bits per heavy atom. The van der Waals surface area contributed by atoms with Crippen molar-refractivity contribution in [3.63, 3.8) is 0 Å². The van der Waals surface area contributed by atoms with Crippen molar-refractivity contribution in [2.24, 2.45) is 0 Å². The molecule has 20 heavy (non-hydrogen) atoms. The van der Waals surface area contributed by atoms with Crippen LogP contribution in [-0.4, -0.2) is 38.5 Å². The summed E-state index contributed by atoms with van der Waals surface area (Å²) in [7, 11) is -2.97. The average Bonchev–Trinajstić information content (AvgIpc) is 2.76. The SMILES string of the molecule is CCCOc1ccc(C(=O)N[C@H]2CCS(=O)(=O)C2)cc1. The van der Waals surface area contributed by atoms with E-state index >= 15 is 0 Å². The lowest BCUT2D eigenvalue weighted by atomic mass is 10.2. The van der Waals surface area contributed by atoms with Gasteiger partial charge in [-0.05, 0) is 37.1 Å². The minimum absolute atomic E-state index is 0.0381. The van der Waals surface area contributed by atoms with Crippen molar-refractivity contribution >= 4 is 15.7 Å². The summed E-state index contributed by atoms with van der Waals surface area (Å²) >= 11 is 0. The maximum absolute atomic E-state index is 12.0. The van der Waals surface area contributed by atoms with Crippen LogP contribution in [-0.2, 0) is 9.84 Å². The summed E-state index contributed by atoms with van der Waals surface area (Å²) in [6.07, 6.45) is 1.42. The van der Waals surface area contributed by atoms with Crippen LogP contribution >= 0.6 is 0 Å². The van der Waals surface area contributed by atoms with E-state index in [1.165, 1.54) is 0 Å². The van der Waals surface area contributed by atoms with Crippen LogP contribution in [0.15, 0.2) is 24.3 Å². The predicted octanol–water partition coefficient (Wildman–Crippen LogP) is 1.39. The number of sulfone groups is 1. The van der Waals surface area contributed by atoms with E-state index in [0.717, 1.165) is 12.2 Å². The van der Waals surface area contributed by atoms with Crippen LogP contribution in [0.3, 0.4) is 0 Å². The smallest absolute Gasteiger partial charge is 0.251 e. The van der Waals surface area contributed by atoms with Gasteiger partial charge in [0.15, 0.2) is 9.84 Å². The Bertz CT molecular complexity index is 565. The number of rotatable bonds is 5. The molecule has 1 saturated heterocycles. The molecular formula is C14H19NO4S. The number of ether oxygens (including phenoxy) is 1. The second-order valence-electron chi connectivity index (χ2n) is 4.95. The van der Waals surface area contributed by atoms with Gasteiger partial charge in [0.25, 0.3) is 5.91 Å². The third-order valence-corrected chi connectivity index (χ3v) is 4.92. The first kappa shape index (κ1) is 14.8. The van der Waals surface area contributed by atoms with Gasteiger partial charge in [-0.1, -0.05) is 6.92 Å². The van der Waals surface area contributed by atoms with Crippen molar-refractivity contribution in [3.8, 4) is 5.75 Å². The highest BCUT2D eigenvalue weighted by molar-refractivity contribution is 7.91. The molecule has 1 atom stereocenters. The Labute approximate surface area is 119 Å². The molecule has 1 heterocycles. The van der Waals surface area contributed by atoms with Gasteiger partial charge in [0.1, 0.15) is 5.75 Å². The molecule has 0 unspecified atom stereocenters. The van der Waals surface area contributed by atoms with E-state index in [2.05, 4.69) is 5.32 Å². The molecular weight excluding hydrogens is 278 g/mol. The topological polar surface area (TPSA) is 72.5 Å². The van der Waals surface area contributed by atoms with E-state index in [9.17, 15) is 13.2 Å². The summed E-state index contributed by atoms with van der Waals surface area (Å²) in [6.45, 7) is 2.67. The van der Waals surface area contributed by atoms with Crippen LogP contribution in [0.4, 0.5) is 0 Å². The van der Waals surface area contributed by atoms with Crippen molar-refractivity contribution in [1.82, 2.24) is 5.32 Å². The van der Waals surface area contributed by atoms with Gasteiger partial charge in [0, 0.05) is 11.6 Å². The van der Waals surface area contributed by atoms with E-state index in [1.54, 1.807) is 24.3 Å². The van der Waals surface area contributed by atoms with Gasteiger partial charge in [-0.2, -0.15) is 0 Å². The zero-order valence-electron chi connectivity index (χ0n) is 11.5.